The van der Waals surface area contributed by atoms with E-state index in [4.69, 9.17) is 5.11 Å². The summed E-state index contributed by atoms with van der Waals surface area (Å²) in [6.07, 6.45) is 4.44. The van der Waals surface area contributed by atoms with Gasteiger partial charge in [0.2, 0.25) is 0 Å². The zero-order chi connectivity index (χ0) is 8.53. The van der Waals surface area contributed by atoms with E-state index in [0.29, 0.717) is 0 Å². The van der Waals surface area contributed by atoms with Gasteiger partial charge in [0.15, 0.2) is 0 Å². The van der Waals surface area contributed by atoms with Gasteiger partial charge in [0.1, 0.15) is 0 Å². The first-order valence-corrected chi connectivity index (χ1v) is 4.20. The molecule has 1 aliphatic rings. The van der Waals surface area contributed by atoms with Gasteiger partial charge in [-0.1, -0.05) is 13.3 Å². The predicted octanol–water partition coefficient (Wildman–Crippen LogP) is 1.66. The molecule has 0 aromatic heterocycles. The number of carboxylic acids is 1. The van der Waals surface area contributed by atoms with Crippen LogP contribution in [-0.4, -0.2) is 24.2 Å². The summed E-state index contributed by atoms with van der Waals surface area (Å²) in [5.41, 5.74) is 0. The van der Waals surface area contributed by atoms with Crippen LogP contribution in [0.15, 0.2) is 0 Å². The highest BCUT2D eigenvalue weighted by molar-refractivity contribution is 5.85. The highest BCUT2D eigenvalue weighted by Crippen LogP contribution is 1.96. The average Bonchev–Trinajstić information content (AvgIpc) is 2.09. The maximum atomic E-state index is 9.37. The fourth-order valence-electron chi connectivity index (χ4n) is 0.802. The number of carbonyl (C=O) groups is 1. The van der Waals surface area contributed by atoms with Gasteiger partial charge in [-0.25, -0.2) is 0 Å². The van der Waals surface area contributed by atoms with Crippen molar-refractivity contribution in [2.45, 2.75) is 32.6 Å². The molecule has 0 aliphatic carbocycles. The van der Waals surface area contributed by atoms with E-state index >= 15 is 0 Å². The summed E-state index contributed by atoms with van der Waals surface area (Å²) in [5.74, 6) is -0.745. The Morgan fingerprint density at radius 2 is 1.75 bits per heavy atom. The first-order valence-electron chi connectivity index (χ1n) is 4.20. The van der Waals surface area contributed by atoms with E-state index in [9.17, 15) is 4.79 Å². The molecule has 2 N–H and O–H groups in total. The van der Waals surface area contributed by atoms with Gasteiger partial charge in [-0.2, -0.15) is 0 Å². The highest BCUT2D eigenvalue weighted by atomic mass is 35.5. The largest absolute Gasteiger partial charge is 0.481 e. The van der Waals surface area contributed by atoms with Crippen molar-refractivity contribution in [2.24, 2.45) is 0 Å². The minimum atomic E-state index is -0.745. The van der Waals surface area contributed by atoms with Crippen molar-refractivity contribution in [1.82, 2.24) is 5.32 Å². The van der Waals surface area contributed by atoms with Gasteiger partial charge in [0.05, 0.1) is 0 Å². The zero-order valence-corrected chi connectivity index (χ0v) is 8.32. The summed E-state index contributed by atoms with van der Waals surface area (Å²) in [6, 6.07) is 0. The number of rotatable bonds is 1. The lowest BCUT2D eigenvalue weighted by atomic mass is 10.2. The molecule has 1 fully saturated rings. The van der Waals surface area contributed by atoms with Gasteiger partial charge in [-0.15, -0.1) is 12.4 Å². The quantitative estimate of drug-likeness (QED) is 0.669. The van der Waals surface area contributed by atoms with Crippen LogP contribution < -0.4 is 5.32 Å². The predicted molar refractivity (Wildman–Crippen MR) is 51.9 cm³/mol. The standard InChI is InChI=1S/C5H11N.C3H6O2.ClH/c1-2-4-6-5-3-1;1-2-3(4)5;/h6H,1-5H2;2H2,1H3,(H,4,5);1H. The zero-order valence-electron chi connectivity index (χ0n) is 7.51. The molecule has 1 rings (SSSR count). The second-order valence-electron chi connectivity index (χ2n) is 2.56. The number of halogens is 1. The molecule has 0 bridgehead atoms. The Hall–Kier alpha value is -0.280. The summed E-state index contributed by atoms with van der Waals surface area (Å²) < 4.78 is 0. The van der Waals surface area contributed by atoms with E-state index in [0.717, 1.165) is 0 Å². The number of aliphatic carboxylic acids is 1. The smallest absolute Gasteiger partial charge is 0.303 e. The maximum absolute atomic E-state index is 9.37. The Morgan fingerprint density at radius 3 is 1.83 bits per heavy atom. The van der Waals surface area contributed by atoms with E-state index in [2.05, 4.69) is 5.32 Å². The van der Waals surface area contributed by atoms with Gasteiger partial charge in [-0.3, -0.25) is 4.79 Å². The number of nitrogens with one attached hydrogen (secondary N) is 1. The van der Waals surface area contributed by atoms with E-state index < -0.39 is 5.97 Å². The van der Waals surface area contributed by atoms with Crippen molar-refractivity contribution in [2.75, 3.05) is 13.1 Å². The molecule has 3 nitrogen and oxygen atoms in total. The summed E-state index contributed by atoms with van der Waals surface area (Å²) in [6.45, 7) is 4.10. The van der Waals surface area contributed by atoms with Gasteiger partial charge in [-0.05, 0) is 25.9 Å². The molecule has 0 unspecified atom stereocenters. The van der Waals surface area contributed by atoms with Crippen LogP contribution in [0.25, 0.3) is 0 Å². The van der Waals surface area contributed by atoms with Crippen LogP contribution in [-0.2, 0) is 4.79 Å². The summed E-state index contributed by atoms with van der Waals surface area (Å²) in [5, 5.41) is 11.0. The Kier molecular flexibility index (Phi) is 12.7. The van der Waals surface area contributed by atoms with Crippen molar-refractivity contribution in [3.05, 3.63) is 0 Å². The minimum Gasteiger partial charge on any atom is -0.481 e. The minimum absolute atomic E-state index is 0. The topological polar surface area (TPSA) is 49.3 Å². The normalized spacial score (nSPS) is 15.1. The molecule has 1 saturated heterocycles. The fourth-order valence-corrected chi connectivity index (χ4v) is 0.802. The lowest BCUT2D eigenvalue weighted by Gasteiger charge is -2.08. The van der Waals surface area contributed by atoms with Crippen molar-refractivity contribution in [3.63, 3.8) is 0 Å². The van der Waals surface area contributed by atoms with Crippen LogP contribution in [0, 0.1) is 0 Å². The first-order chi connectivity index (χ1) is 5.27. The van der Waals surface area contributed by atoms with Crippen LogP contribution in [0.3, 0.4) is 0 Å². The second kappa shape index (κ2) is 10.7. The molecule has 4 heteroatoms. The highest BCUT2D eigenvalue weighted by Gasteiger charge is 1.93. The third kappa shape index (κ3) is 12.4. The molecule has 12 heavy (non-hydrogen) atoms. The fraction of sp³-hybridized carbons (Fsp3) is 0.875. The molecular weight excluding hydrogens is 178 g/mol. The lowest BCUT2D eigenvalue weighted by Crippen LogP contribution is -2.21. The molecular formula is C8H18ClNO2. The van der Waals surface area contributed by atoms with E-state index in [1.54, 1.807) is 6.92 Å². The number of piperidine rings is 1. The summed E-state index contributed by atoms with van der Waals surface area (Å²) in [7, 11) is 0. The van der Waals surface area contributed by atoms with E-state index in [1.807, 2.05) is 0 Å². The average molecular weight is 196 g/mol. The maximum Gasteiger partial charge on any atom is 0.303 e. The van der Waals surface area contributed by atoms with Gasteiger partial charge in [0, 0.05) is 6.42 Å². The summed E-state index contributed by atoms with van der Waals surface area (Å²) in [4.78, 5) is 9.37. The van der Waals surface area contributed by atoms with Crippen molar-refractivity contribution in [1.29, 1.82) is 0 Å². The van der Waals surface area contributed by atoms with Crippen LogP contribution in [0.2, 0.25) is 0 Å². The number of carboxylic acid groups (broad SMARTS) is 1. The molecule has 1 aliphatic heterocycles. The van der Waals surface area contributed by atoms with E-state index in [-0.39, 0.29) is 18.8 Å². The lowest BCUT2D eigenvalue weighted by molar-refractivity contribution is -0.136. The first kappa shape index (κ1) is 14.3. The Balaban J connectivity index is 0. The van der Waals surface area contributed by atoms with Crippen LogP contribution in [0.5, 0.6) is 0 Å². The Bertz CT molecular complexity index is 93.7. The third-order valence-corrected chi connectivity index (χ3v) is 1.51. The van der Waals surface area contributed by atoms with Gasteiger partial charge >= 0.3 is 5.97 Å². The van der Waals surface area contributed by atoms with Gasteiger partial charge in [0.25, 0.3) is 0 Å². The van der Waals surface area contributed by atoms with E-state index in [1.165, 1.54) is 32.4 Å². The molecule has 74 valence electrons. The molecule has 0 aromatic rings. The molecule has 0 spiro atoms. The van der Waals surface area contributed by atoms with Crippen LogP contribution in [0.4, 0.5) is 0 Å². The number of hydrogen-bond donors (Lipinski definition) is 2. The summed E-state index contributed by atoms with van der Waals surface area (Å²) >= 11 is 0. The Morgan fingerprint density at radius 1 is 1.33 bits per heavy atom. The van der Waals surface area contributed by atoms with Crippen molar-refractivity contribution in [3.8, 4) is 0 Å². The monoisotopic (exact) mass is 195 g/mol. The van der Waals surface area contributed by atoms with Crippen molar-refractivity contribution >= 4 is 18.4 Å². The molecule has 0 aromatic carbocycles. The van der Waals surface area contributed by atoms with Crippen LogP contribution >= 0.6 is 12.4 Å². The van der Waals surface area contributed by atoms with Gasteiger partial charge < -0.3 is 10.4 Å². The molecule has 0 saturated carbocycles. The molecule has 0 radical (unpaired) electrons. The number of hydrogen-bond acceptors (Lipinski definition) is 2. The Labute approximate surface area is 80.0 Å². The molecule has 1 heterocycles. The molecule has 0 atom stereocenters. The molecule has 0 amide bonds. The SMILES string of the molecule is C1CCNCC1.CCC(=O)O.Cl. The van der Waals surface area contributed by atoms with Crippen molar-refractivity contribution < 1.29 is 9.90 Å². The second-order valence-corrected chi connectivity index (χ2v) is 2.56. The van der Waals surface area contributed by atoms with Crippen LogP contribution in [0.1, 0.15) is 32.6 Å². The third-order valence-electron chi connectivity index (χ3n) is 1.51.